The molecule has 0 heterocycles. The molecule has 3 saturated carbocycles. The van der Waals surface area contributed by atoms with E-state index < -0.39 is 41.0 Å². The zero-order chi connectivity index (χ0) is 19.8. The van der Waals surface area contributed by atoms with Gasteiger partial charge in [0.2, 0.25) is 0 Å². The number of carbonyl (C=O) groups excluding carboxylic acids is 2. The van der Waals surface area contributed by atoms with Crippen LogP contribution in [0.3, 0.4) is 0 Å². The third kappa shape index (κ3) is 2.33. The van der Waals surface area contributed by atoms with Crippen LogP contribution in [0.4, 0.5) is 0 Å². The Morgan fingerprint density at radius 3 is 2.63 bits per heavy atom. The van der Waals surface area contributed by atoms with E-state index in [1.807, 2.05) is 13.8 Å². The highest BCUT2D eigenvalue weighted by atomic mass is 16.3. The van der Waals surface area contributed by atoms with Gasteiger partial charge in [0.05, 0.1) is 12.2 Å². The summed E-state index contributed by atoms with van der Waals surface area (Å²) in [5.41, 5.74) is -2.17. The van der Waals surface area contributed by atoms with Crippen LogP contribution in [0.1, 0.15) is 52.4 Å². The summed E-state index contributed by atoms with van der Waals surface area (Å²) in [5.74, 6) is -0.713. The summed E-state index contributed by atoms with van der Waals surface area (Å²) in [6.07, 6.45) is 2.75. The first-order valence-corrected chi connectivity index (χ1v) is 10.1. The van der Waals surface area contributed by atoms with Crippen LogP contribution in [0.5, 0.6) is 0 Å². The zero-order valence-corrected chi connectivity index (χ0v) is 16.0. The largest absolute Gasteiger partial charge is 0.393 e. The predicted molar refractivity (Wildman–Crippen MR) is 96.5 cm³/mol. The van der Waals surface area contributed by atoms with E-state index in [2.05, 4.69) is 0 Å². The van der Waals surface area contributed by atoms with E-state index >= 15 is 0 Å². The van der Waals surface area contributed by atoms with Crippen molar-refractivity contribution in [3.05, 3.63) is 11.6 Å². The standard InChI is InChI=1S/C21H30O6/c1-19-5-3-11(23)7-14(19)15(24)8-12-13-4-6-21(27,17(26)10-22)20(13,2)9-16(25)18(12)19/h7,12-13,15-16,18,22,24-25,27H,3-6,8-10H2,1-2H3/t12-,13+,15?,16?,18-,19-,20-,21-/m0/s1. The highest BCUT2D eigenvalue weighted by Crippen LogP contribution is 2.67. The van der Waals surface area contributed by atoms with Crippen LogP contribution in [0.15, 0.2) is 11.6 Å². The molecule has 6 heteroatoms. The average Bonchev–Trinajstić information content (AvgIpc) is 2.87. The lowest BCUT2D eigenvalue weighted by atomic mass is 9.45. The summed E-state index contributed by atoms with van der Waals surface area (Å²) in [4.78, 5) is 24.3. The summed E-state index contributed by atoms with van der Waals surface area (Å²) < 4.78 is 0. The maximum absolute atomic E-state index is 12.4. The molecular formula is C21H30O6. The lowest BCUT2D eigenvalue weighted by Gasteiger charge is -2.61. The maximum atomic E-state index is 12.4. The molecule has 0 saturated heterocycles. The van der Waals surface area contributed by atoms with Crippen molar-refractivity contribution >= 4 is 11.6 Å². The number of rotatable bonds is 2. The number of hydrogen-bond donors (Lipinski definition) is 4. The monoisotopic (exact) mass is 378 g/mol. The molecule has 4 aliphatic rings. The molecule has 4 N–H and O–H groups in total. The molecule has 6 nitrogen and oxygen atoms in total. The molecule has 0 radical (unpaired) electrons. The Hall–Kier alpha value is -1.08. The summed E-state index contributed by atoms with van der Waals surface area (Å²) in [7, 11) is 0. The van der Waals surface area contributed by atoms with Gasteiger partial charge in [-0.2, -0.15) is 0 Å². The van der Waals surface area contributed by atoms with Gasteiger partial charge in [0.25, 0.3) is 0 Å². The molecule has 8 atom stereocenters. The Balaban J connectivity index is 1.77. The Bertz CT molecular complexity index is 715. The molecule has 0 aromatic heterocycles. The SMILES string of the molecule is C[C@]12CCC(=O)C=C1C(O)C[C@@H]1[C@H]2C(O)C[C@@]2(C)[C@@H]1CC[C@]2(O)C(=O)CO. The van der Waals surface area contributed by atoms with Crippen molar-refractivity contribution in [2.45, 2.75) is 70.2 Å². The maximum Gasteiger partial charge on any atom is 0.190 e. The number of fused-ring (bicyclic) bond motifs is 5. The minimum Gasteiger partial charge on any atom is -0.393 e. The summed E-state index contributed by atoms with van der Waals surface area (Å²) in [5, 5.41) is 42.6. The van der Waals surface area contributed by atoms with Crippen molar-refractivity contribution in [1.29, 1.82) is 0 Å². The second-order valence-corrected chi connectivity index (χ2v) is 9.70. The molecule has 2 unspecified atom stereocenters. The van der Waals surface area contributed by atoms with Crippen molar-refractivity contribution < 1.29 is 30.0 Å². The fourth-order valence-electron chi connectivity index (χ4n) is 7.33. The van der Waals surface area contributed by atoms with Gasteiger partial charge in [0.1, 0.15) is 12.2 Å². The van der Waals surface area contributed by atoms with E-state index in [9.17, 15) is 30.0 Å². The highest BCUT2D eigenvalue weighted by molar-refractivity contribution is 5.92. The molecule has 4 rings (SSSR count). The second kappa shape index (κ2) is 5.96. The highest BCUT2D eigenvalue weighted by Gasteiger charge is 2.68. The molecule has 4 aliphatic carbocycles. The van der Waals surface area contributed by atoms with Gasteiger partial charge in [-0.25, -0.2) is 0 Å². The fourth-order valence-corrected chi connectivity index (χ4v) is 7.33. The first-order chi connectivity index (χ1) is 12.6. The minimum atomic E-state index is -1.64. The van der Waals surface area contributed by atoms with E-state index in [1.165, 1.54) is 0 Å². The first-order valence-electron chi connectivity index (χ1n) is 10.1. The smallest absolute Gasteiger partial charge is 0.190 e. The Kier molecular flexibility index (Phi) is 4.25. The zero-order valence-electron chi connectivity index (χ0n) is 16.0. The van der Waals surface area contributed by atoms with Crippen LogP contribution in [0.2, 0.25) is 0 Å². The Morgan fingerprint density at radius 2 is 1.96 bits per heavy atom. The molecule has 27 heavy (non-hydrogen) atoms. The fraction of sp³-hybridized carbons (Fsp3) is 0.810. The van der Waals surface area contributed by atoms with Crippen LogP contribution in [0, 0.1) is 28.6 Å². The van der Waals surface area contributed by atoms with Gasteiger partial charge in [-0.1, -0.05) is 13.8 Å². The van der Waals surface area contributed by atoms with Crippen molar-refractivity contribution in [2.24, 2.45) is 28.6 Å². The second-order valence-electron chi connectivity index (χ2n) is 9.70. The topological polar surface area (TPSA) is 115 Å². The third-order valence-electron chi connectivity index (χ3n) is 8.67. The first kappa shape index (κ1) is 19.2. The van der Waals surface area contributed by atoms with Crippen molar-refractivity contribution in [3.63, 3.8) is 0 Å². The molecule has 0 aromatic carbocycles. The van der Waals surface area contributed by atoms with Gasteiger partial charge in [-0.15, -0.1) is 0 Å². The van der Waals surface area contributed by atoms with Gasteiger partial charge in [-0.05, 0) is 66.9 Å². The lowest BCUT2D eigenvalue weighted by molar-refractivity contribution is -0.187. The molecule has 0 amide bonds. The molecular weight excluding hydrogens is 348 g/mol. The number of hydrogen-bond acceptors (Lipinski definition) is 6. The van der Waals surface area contributed by atoms with E-state index in [0.717, 1.165) is 5.57 Å². The quantitative estimate of drug-likeness (QED) is 0.564. The number of aliphatic hydroxyl groups excluding tert-OH is 3. The van der Waals surface area contributed by atoms with Gasteiger partial charge in [0, 0.05) is 11.8 Å². The normalized spacial score (nSPS) is 51.9. The van der Waals surface area contributed by atoms with Gasteiger partial charge >= 0.3 is 0 Å². The van der Waals surface area contributed by atoms with Gasteiger partial charge < -0.3 is 20.4 Å². The summed E-state index contributed by atoms with van der Waals surface area (Å²) >= 11 is 0. The molecule has 150 valence electrons. The molecule has 3 fully saturated rings. The van der Waals surface area contributed by atoms with Crippen molar-refractivity contribution in [2.75, 3.05) is 6.61 Å². The Morgan fingerprint density at radius 1 is 1.26 bits per heavy atom. The Labute approximate surface area is 159 Å². The van der Waals surface area contributed by atoms with E-state index in [4.69, 9.17) is 0 Å². The predicted octanol–water partition coefficient (Wildman–Crippen LogP) is 0.752. The van der Waals surface area contributed by atoms with Crippen molar-refractivity contribution in [1.82, 2.24) is 0 Å². The number of Topliss-reactive ketones (excluding diaryl/α,β-unsaturated/α-hetero) is 1. The van der Waals surface area contributed by atoms with Gasteiger partial charge in [0.15, 0.2) is 11.6 Å². The number of ketones is 2. The van der Waals surface area contributed by atoms with Crippen LogP contribution >= 0.6 is 0 Å². The van der Waals surface area contributed by atoms with Gasteiger partial charge in [-0.3, -0.25) is 9.59 Å². The summed E-state index contributed by atoms with van der Waals surface area (Å²) in [6.45, 7) is 3.18. The van der Waals surface area contributed by atoms with Crippen molar-refractivity contribution in [3.8, 4) is 0 Å². The van der Waals surface area contributed by atoms with Crippen LogP contribution in [-0.4, -0.2) is 56.4 Å². The molecule has 0 spiro atoms. The average molecular weight is 378 g/mol. The number of carbonyl (C=O) groups is 2. The molecule has 0 bridgehead atoms. The third-order valence-corrected chi connectivity index (χ3v) is 8.67. The number of aliphatic hydroxyl groups is 4. The lowest BCUT2D eigenvalue weighted by Crippen LogP contribution is -2.63. The molecule has 0 aliphatic heterocycles. The van der Waals surface area contributed by atoms with E-state index in [0.29, 0.717) is 25.7 Å². The summed E-state index contributed by atoms with van der Waals surface area (Å²) in [6, 6.07) is 0. The van der Waals surface area contributed by atoms with Crippen LogP contribution in [0.25, 0.3) is 0 Å². The van der Waals surface area contributed by atoms with E-state index in [1.54, 1.807) is 6.08 Å². The van der Waals surface area contributed by atoms with Crippen LogP contribution < -0.4 is 0 Å². The molecule has 0 aromatic rings. The van der Waals surface area contributed by atoms with Crippen LogP contribution in [-0.2, 0) is 9.59 Å². The van der Waals surface area contributed by atoms with E-state index in [-0.39, 0.29) is 36.4 Å². The minimum absolute atomic E-state index is 0.0166.